The summed E-state index contributed by atoms with van der Waals surface area (Å²) >= 11 is 0. The van der Waals surface area contributed by atoms with Gasteiger partial charge < -0.3 is 24.3 Å². The summed E-state index contributed by atoms with van der Waals surface area (Å²) in [5.74, 6) is -0.550. The van der Waals surface area contributed by atoms with Gasteiger partial charge in [-0.25, -0.2) is 4.98 Å². The average Bonchev–Trinajstić information content (AvgIpc) is 3.42. The van der Waals surface area contributed by atoms with Gasteiger partial charge in [0.1, 0.15) is 6.07 Å². The van der Waals surface area contributed by atoms with Crippen LogP contribution in [-0.2, 0) is 9.47 Å². The van der Waals surface area contributed by atoms with Crippen LogP contribution >= 0.6 is 0 Å². The van der Waals surface area contributed by atoms with E-state index < -0.39 is 5.91 Å². The Morgan fingerprint density at radius 1 is 1.30 bits per heavy atom. The number of fused-ring (bicyclic) bond motifs is 1. The van der Waals surface area contributed by atoms with Gasteiger partial charge in [0.15, 0.2) is 0 Å². The molecule has 156 valence electrons. The molecule has 30 heavy (non-hydrogen) atoms. The molecule has 0 bridgehead atoms. The molecule has 1 aromatic carbocycles. The van der Waals surface area contributed by atoms with Gasteiger partial charge in [-0.15, -0.1) is 0 Å². The number of carbonyl (C=O) groups excluding carboxylic acids is 1. The molecule has 0 radical (unpaired) electrons. The Morgan fingerprint density at radius 2 is 2.10 bits per heavy atom. The van der Waals surface area contributed by atoms with Crippen LogP contribution in [0.1, 0.15) is 47.6 Å². The number of carbonyl (C=O) groups is 1. The predicted octanol–water partition coefficient (Wildman–Crippen LogP) is 2.94. The van der Waals surface area contributed by atoms with Crippen molar-refractivity contribution in [2.24, 2.45) is 5.73 Å². The average molecular weight is 407 g/mol. The first-order valence-corrected chi connectivity index (χ1v) is 10.1. The summed E-state index contributed by atoms with van der Waals surface area (Å²) in [7, 11) is 1.67. The molecule has 8 heteroatoms. The number of nitriles is 1. The fraction of sp³-hybridized carbons (Fsp3) is 0.409. The van der Waals surface area contributed by atoms with E-state index in [1.54, 1.807) is 25.7 Å². The molecule has 2 heterocycles. The number of benzene rings is 1. The highest BCUT2D eigenvalue weighted by molar-refractivity contribution is 6.09. The highest BCUT2D eigenvalue weighted by atomic mass is 16.5. The van der Waals surface area contributed by atoms with Gasteiger partial charge in [0, 0.05) is 42.8 Å². The number of amides is 1. The fourth-order valence-corrected chi connectivity index (χ4v) is 4.30. The number of nitrogens with two attached hydrogens (primary N) is 1. The third-order valence-corrected chi connectivity index (χ3v) is 5.78. The van der Waals surface area contributed by atoms with E-state index in [0.717, 1.165) is 36.9 Å². The first-order chi connectivity index (χ1) is 14.6. The Balaban J connectivity index is 1.70. The second-order valence-electron chi connectivity index (χ2n) is 7.58. The van der Waals surface area contributed by atoms with Crippen LogP contribution in [0.4, 0.5) is 0 Å². The SMILES string of the molecule is COCCOC1CCC(n2cc(C#N)c3c(C(N)=O)cc(-n4ccnc4)cc32)CC1. The lowest BCUT2D eigenvalue weighted by Crippen LogP contribution is -2.24. The van der Waals surface area contributed by atoms with E-state index in [1.165, 1.54) is 0 Å². The molecule has 1 amide bonds. The molecule has 2 N–H and O–H groups in total. The molecular formula is C22H25N5O3. The lowest BCUT2D eigenvalue weighted by Gasteiger charge is -2.30. The molecule has 1 saturated carbocycles. The maximum absolute atomic E-state index is 12.2. The third-order valence-electron chi connectivity index (χ3n) is 5.78. The van der Waals surface area contributed by atoms with Crippen LogP contribution in [0.3, 0.4) is 0 Å². The fourth-order valence-electron chi connectivity index (χ4n) is 4.30. The molecule has 1 fully saturated rings. The molecule has 3 aromatic rings. The summed E-state index contributed by atoms with van der Waals surface area (Å²) in [6.07, 6.45) is 11.0. The van der Waals surface area contributed by atoms with E-state index in [1.807, 2.05) is 23.0 Å². The van der Waals surface area contributed by atoms with Gasteiger partial charge in [0.2, 0.25) is 5.91 Å². The van der Waals surface area contributed by atoms with Crippen LogP contribution < -0.4 is 5.73 Å². The van der Waals surface area contributed by atoms with Gasteiger partial charge in [-0.3, -0.25) is 4.79 Å². The van der Waals surface area contributed by atoms with Crippen molar-refractivity contribution in [3.63, 3.8) is 0 Å². The molecule has 0 atom stereocenters. The number of nitrogens with zero attached hydrogens (tertiary/aromatic N) is 4. The smallest absolute Gasteiger partial charge is 0.249 e. The lowest BCUT2D eigenvalue weighted by atomic mass is 9.92. The highest BCUT2D eigenvalue weighted by Crippen LogP contribution is 2.36. The van der Waals surface area contributed by atoms with Crippen LogP contribution in [-0.4, -0.2) is 46.5 Å². The summed E-state index contributed by atoms with van der Waals surface area (Å²) in [5, 5.41) is 10.3. The van der Waals surface area contributed by atoms with Gasteiger partial charge in [0.25, 0.3) is 0 Å². The Bertz CT molecular complexity index is 1070. The van der Waals surface area contributed by atoms with Gasteiger partial charge in [-0.05, 0) is 37.8 Å². The van der Waals surface area contributed by atoms with E-state index in [2.05, 4.69) is 15.6 Å². The zero-order chi connectivity index (χ0) is 21.1. The summed E-state index contributed by atoms with van der Waals surface area (Å²) in [6.45, 7) is 1.20. The molecule has 1 aliphatic carbocycles. The molecule has 0 unspecified atom stereocenters. The molecule has 4 rings (SSSR count). The van der Waals surface area contributed by atoms with Crippen LogP contribution in [0.2, 0.25) is 0 Å². The van der Waals surface area contributed by atoms with Crippen molar-refractivity contribution in [2.45, 2.75) is 37.8 Å². The Morgan fingerprint density at radius 3 is 2.73 bits per heavy atom. The number of hydrogen-bond donors (Lipinski definition) is 1. The number of ether oxygens (including phenoxy) is 2. The van der Waals surface area contributed by atoms with Crippen molar-refractivity contribution in [1.29, 1.82) is 5.26 Å². The lowest BCUT2D eigenvalue weighted by molar-refractivity contribution is -0.00619. The Hall–Kier alpha value is -3.15. The number of methoxy groups -OCH3 is 1. The number of imidazole rings is 1. The van der Waals surface area contributed by atoms with Crippen molar-refractivity contribution in [3.8, 4) is 11.8 Å². The van der Waals surface area contributed by atoms with E-state index >= 15 is 0 Å². The van der Waals surface area contributed by atoms with Gasteiger partial charge >= 0.3 is 0 Å². The van der Waals surface area contributed by atoms with E-state index in [0.29, 0.717) is 29.7 Å². The first kappa shape index (κ1) is 20.1. The van der Waals surface area contributed by atoms with Crippen molar-refractivity contribution in [3.05, 3.63) is 48.2 Å². The predicted molar refractivity (Wildman–Crippen MR) is 111 cm³/mol. The topological polar surface area (TPSA) is 108 Å². The Labute approximate surface area is 174 Å². The molecule has 0 saturated heterocycles. The highest BCUT2D eigenvalue weighted by Gasteiger charge is 2.26. The maximum atomic E-state index is 12.2. The second kappa shape index (κ2) is 8.69. The molecule has 0 aliphatic heterocycles. The van der Waals surface area contributed by atoms with Crippen molar-refractivity contribution in [1.82, 2.24) is 14.1 Å². The van der Waals surface area contributed by atoms with Crippen molar-refractivity contribution in [2.75, 3.05) is 20.3 Å². The summed E-state index contributed by atoms with van der Waals surface area (Å²) in [6, 6.07) is 6.18. The van der Waals surface area contributed by atoms with E-state index in [-0.39, 0.29) is 12.1 Å². The van der Waals surface area contributed by atoms with E-state index in [9.17, 15) is 10.1 Å². The van der Waals surface area contributed by atoms with Gasteiger partial charge in [-0.1, -0.05) is 0 Å². The molecule has 8 nitrogen and oxygen atoms in total. The number of rotatable bonds is 7. The first-order valence-electron chi connectivity index (χ1n) is 10.1. The van der Waals surface area contributed by atoms with E-state index in [4.69, 9.17) is 15.2 Å². The number of hydrogen-bond acceptors (Lipinski definition) is 5. The van der Waals surface area contributed by atoms with Crippen molar-refractivity contribution >= 4 is 16.8 Å². The number of aromatic nitrogens is 3. The van der Waals surface area contributed by atoms with Gasteiger partial charge in [0.05, 0.1) is 42.3 Å². The summed E-state index contributed by atoms with van der Waals surface area (Å²) < 4.78 is 14.9. The molecule has 1 aliphatic rings. The largest absolute Gasteiger partial charge is 0.382 e. The normalized spacial score (nSPS) is 19.1. The van der Waals surface area contributed by atoms with Crippen LogP contribution in [0.25, 0.3) is 16.6 Å². The quantitative estimate of drug-likeness (QED) is 0.606. The third kappa shape index (κ3) is 3.82. The van der Waals surface area contributed by atoms with Crippen LogP contribution in [0.5, 0.6) is 0 Å². The zero-order valence-corrected chi connectivity index (χ0v) is 17.0. The monoisotopic (exact) mass is 407 g/mol. The minimum Gasteiger partial charge on any atom is -0.382 e. The number of primary amides is 1. The van der Waals surface area contributed by atoms with Crippen LogP contribution in [0.15, 0.2) is 37.1 Å². The van der Waals surface area contributed by atoms with Crippen LogP contribution in [0, 0.1) is 11.3 Å². The zero-order valence-electron chi connectivity index (χ0n) is 17.0. The molecular weight excluding hydrogens is 382 g/mol. The summed E-state index contributed by atoms with van der Waals surface area (Å²) in [4.78, 5) is 16.3. The Kier molecular flexibility index (Phi) is 5.84. The minimum atomic E-state index is -0.550. The minimum absolute atomic E-state index is 0.232. The summed E-state index contributed by atoms with van der Waals surface area (Å²) in [5.41, 5.74) is 8.13. The maximum Gasteiger partial charge on any atom is 0.249 e. The second-order valence-corrected chi connectivity index (χ2v) is 7.58. The van der Waals surface area contributed by atoms with Gasteiger partial charge in [-0.2, -0.15) is 5.26 Å². The standard InChI is InChI=1S/C22H25N5O3/c1-29-8-9-30-18-4-2-16(3-5-18)27-13-15(12-23)21-19(22(24)28)10-17(11-20(21)27)26-7-6-25-14-26/h6-7,10-11,13-14,16,18H,2-5,8-9H2,1H3,(H2,24,28). The van der Waals surface area contributed by atoms with Crippen molar-refractivity contribution < 1.29 is 14.3 Å². The molecule has 0 spiro atoms. The molecule has 2 aromatic heterocycles.